The maximum absolute atomic E-state index is 15.7. The van der Waals surface area contributed by atoms with Gasteiger partial charge in [0.1, 0.15) is 47.6 Å². The quantitative estimate of drug-likeness (QED) is 0.122. The Morgan fingerprint density at radius 1 is 1.19 bits per heavy atom. The number of hydrogen-bond donors (Lipinski definition) is 6. The molecule has 4 aromatic heterocycles. The highest BCUT2D eigenvalue weighted by Gasteiger charge is 2.57. The minimum absolute atomic E-state index is 0.0543. The van der Waals surface area contributed by atoms with Crippen molar-refractivity contribution >= 4 is 52.4 Å². The molecule has 0 amide bonds. The zero-order chi connectivity index (χ0) is 30.8. The highest BCUT2D eigenvalue weighted by Crippen LogP contribution is 2.59. The number of aromatic nitrogens is 8. The van der Waals surface area contributed by atoms with Gasteiger partial charge in [0.05, 0.1) is 25.9 Å². The summed E-state index contributed by atoms with van der Waals surface area (Å²) in [6.07, 6.45) is -4.19. The molecule has 43 heavy (non-hydrogen) atoms. The molecule has 2 saturated heterocycles. The summed E-state index contributed by atoms with van der Waals surface area (Å²) in [5, 5.41) is 21.0. The van der Waals surface area contributed by atoms with Gasteiger partial charge in [0, 0.05) is 7.11 Å². The van der Waals surface area contributed by atoms with Crippen molar-refractivity contribution in [2.45, 2.75) is 55.1 Å². The van der Waals surface area contributed by atoms with Gasteiger partial charge in [-0.05, 0) is 18.7 Å². The average molecular weight is 643 g/mol. The molecule has 0 spiro atoms. The second-order valence-corrected chi connectivity index (χ2v) is 13.9. The molecule has 18 nitrogen and oxygen atoms in total. The highest BCUT2D eigenvalue weighted by molar-refractivity contribution is 8.09. The lowest BCUT2D eigenvalue weighted by Crippen LogP contribution is -2.45. The normalized spacial score (nSPS) is 32.6. The van der Waals surface area contributed by atoms with Gasteiger partial charge in [0.25, 0.3) is 5.56 Å². The Kier molecular flexibility index (Phi) is 7.47. The molecule has 2 aliphatic rings. The Hall–Kier alpha value is -3.20. The Labute approximate surface area is 246 Å². The number of fused-ring (bicyclic) bond motifs is 2. The van der Waals surface area contributed by atoms with Crippen LogP contribution in [0.25, 0.3) is 22.3 Å². The number of anilines is 2. The predicted octanol–water partition coefficient (Wildman–Crippen LogP) is -1.30. The third-order valence-corrected chi connectivity index (χ3v) is 10.5. The second kappa shape index (κ2) is 10.8. The van der Waals surface area contributed by atoms with Gasteiger partial charge in [-0.1, -0.05) is 0 Å². The fourth-order valence-corrected chi connectivity index (χ4v) is 7.94. The van der Waals surface area contributed by atoms with Crippen LogP contribution in [0.5, 0.6) is 0 Å². The predicted molar refractivity (Wildman–Crippen MR) is 150 cm³/mol. The summed E-state index contributed by atoms with van der Waals surface area (Å²) in [5.74, 6) is -0.0851. The van der Waals surface area contributed by atoms with E-state index in [1.165, 1.54) is 35.8 Å². The minimum Gasteiger partial charge on any atom is -0.394 e. The zero-order valence-corrected chi connectivity index (χ0v) is 24.3. The Balaban J connectivity index is 1.29. The summed E-state index contributed by atoms with van der Waals surface area (Å²) in [4.78, 5) is 46.5. The van der Waals surface area contributed by atoms with Crippen molar-refractivity contribution in [2.24, 2.45) is 0 Å². The van der Waals surface area contributed by atoms with Crippen molar-refractivity contribution in [3.8, 4) is 0 Å². The van der Waals surface area contributed by atoms with Gasteiger partial charge in [-0.3, -0.25) is 18.9 Å². The third kappa shape index (κ3) is 4.78. The summed E-state index contributed by atoms with van der Waals surface area (Å²) in [5.41, 5.74) is 8.34. The fourth-order valence-electron chi connectivity index (χ4n) is 5.41. The van der Waals surface area contributed by atoms with Crippen molar-refractivity contribution in [1.82, 2.24) is 39.0 Å². The summed E-state index contributed by atoms with van der Waals surface area (Å²) >= 11 is 5.46. The van der Waals surface area contributed by atoms with Gasteiger partial charge in [-0.15, -0.1) is 0 Å². The first kappa shape index (κ1) is 29.9. The summed E-state index contributed by atoms with van der Waals surface area (Å²) in [6.45, 7) is -3.91. The number of aliphatic hydroxyl groups is 2. The number of nitrogens with one attached hydrogen (secondary N) is 1. The van der Waals surface area contributed by atoms with Crippen molar-refractivity contribution < 1.29 is 38.2 Å². The largest absolute Gasteiger partial charge is 0.394 e. The van der Waals surface area contributed by atoms with E-state index >= 15 is 4.39 Å². The van der Waals surface area contributed by atoms with E-state index in [-0.39, 0.29) is 22.9 Å². The van der Waals surface area contributed by atoms with E-state index in [9.17, 15) is 19.9 Å². The van der Waals surface area contributed by atoms with Crippen LogP contribution in [0, 0.1) is 0 Å². The Morgan fingerprint density at radius 3 is 2.58 bits per heavy atom. The number of halogens is 1. The molecule has 4 aromatic rings. The molecule has 2 aliphatic heterocycles. The van der Waals surface area contributed by atoms with Crippen LogP contribution in [0.15, 0.2) is 23.8 Å². The number of imidazole rings is 2. The first-order chi connectivity index (χ1) is 20.4. The number of hydrogen-bond acceptors (Lipinski definition) is 15. The van der Waals surface area contributed by atoms with E-state index < -0.39 is 73.5 Å². The first-order valence-corrected chi connectivity index (χ1v) is 15.6. The van der Waals surface area contributed by atoms with Gasteiger partial charge in [0.2, 0.25) is 5.95 Å². The van der Waals surface area contributed by atoms with Crippen molar-refractivity contribution in [3.05, 3.63) is 29.3 Å². The zero-order valence-electron chi connectivity index (χ0n) is 22.6. The lowest BCUT2D eigenvalue weighted by molar-refractivity contribution is -0.111. The minimum atomic E-state index is -4.18. The lowest BCUT2D eigenvalue weighted by atomic mass is 9.98. The van der Waals surface area contributed by atoms with Crippen LogP contribution in [0.4, 0.5) is 16.2 Å². The number of aliphatic hydroxyl groups excluding tert-OH is 2. The van der Waals surface area contributed by atoms with Crippen LogP contribution >= 0.6 is 6.49 Å². The molecule has 8 N–H and O–H groups in total. The number of nitrogen functional groups attached to an aromatic ring is 2. The number of aromatic amines is 1. The molecule has 0 bridgehead atoms. The van der Waals surface area contributed by atoms with Crippen LogP contribution in [0.3, 0.4) is 0 Å². The second-order valence-electron chi connectivity index (χ2n) is 10.3. The number of methoxy groups -OCH3 is 1. The van der Waals surface area contributed by atoms with Gasteiger partial charge in [0.15, 0.2) is 41.6 Å². The van der Waals surface area contributed by atoms with E-state index in [4.69, 9.17) is 42.0 Å². The molecule has 0 radical (unpaired) electrons. The van der Waals surface area contributed by atoms with Crippen LogP contribution in [-0.2, 0) is 30.5 Å². The van der Waals surface area contributed by atoms with E-state index in [1.54, 1.807) is 0 Å². The molecule has 9 atom stereocenters. The number of rotatable bonds is 8. The van der Waals surface area contributed by atoms with Crippen molar-refractivity contribution in [2.75, 3.05) is 31.8 Å². The Morgan fingerprint density at radius 2 is 1.88 bits per heavy atom. The highest BCUT2D eigenvalue weighted by atomic mass is 32.5. The van der Waals surface area contributed by atoms with E-state index in [0.717, 1.165) is 6.33 Å². The van der Waals surface area contributed by atoms with Gasteiger partial charge in [-0.25, -0.2) is 24.3 Å². The molecule has 6 heterocycles. The summed E-state index contributed by atoms with van der Waals surface area (Å²) < 4.78 is 41.7. The molecule has 6 rings (SSSR count). The van der Waals surface area contributed by atoms with Crippen LogP contribution < -0.4 is 17.0 Å². The number of ether oxygens (including phenoxy) is 3. The molecule has 0 aliphatic carbocycles. The lowest BCUT2D eigenvalue weighted by Gasteiger charge is -2.33. The molecule has 232 valence electrons. The van der Waals surface area contributed by atoms with E-state index in [2.05, 4.69) is 29.9 Å². The van der Waals surface area contributed by atoms with Gasteiger partial charge in [-0.2, -0.15) is 4.98 Å². The van der Waals surface area contributed by atoms with Gasteiger partial charge >= 0.3 is 0 Å². The summed E-state index contributed by atoms with van der Waals surface area (Å²) in [6, 6.07) is 0. The maximum atomic E-state index is 15.7. The molecular formula is C22H28FN10O8PS. The first-order valence-electron chi connectivity index (χ1n) is 12.8. The molecule has 1 unspecified atom stereocenters. The van der Waals surface area contributed by atoms with Crippen LogP contribution in [0.1, 0.15) is 19.4 Å². The fraction of sp³-hybridized carbons (Fsp3) is 0.545. The molecule has 0 saturated carbocycles. The standard InChI is InChI=1S/C22H28FN10O8PS/c1-22(14(35)12(38-2)19(41-22)32-6-28-10-15(24)26-5-27-16(10)32)4-39-42(37,43)13-9(23)8(3-34)40-20(13)33-7-29-11-17(33)30-21(25)31-18(11)36/h5-9,12-14,19-20,34-35H,3-4H2,1-2H3,(H,37,43)(H2,24,26,27)(H3,25,30,31,36)/t8-,9+,12-,13-,14+,19+,20-,22-,42?/m1/s1. The van der Waals surface area contributed by atoms with Crippen LogP contribution in [0.2, 0.25) is 0 Å². The van der Waals surface area contributed by atoms with Crippen molar-refractivity contribution in [1.29, 1.82) is 0 Å². The number of alkyl halides is 1. The van der Waals surface area contributed by atoms with Crippen molar-refractivity contribution in [3.63, 3.8) is 0 Å². The molecule has 2 fully saturated rings. The summed E-state index contributed by atoms with van der Waals surface area (Å²) in [7, 11) is 1.38. The molecular weight excluding hydrogens is 614 g/mol. The third-order valence-electron chi connectivity index (χ3n) is 7.65. The molecule has 0 aromatic carbocycles. The van der Waals surface area contributed by atoms with E-state index in [0.29, 0.717) is 11.2 Å². The topological polar surface area (TPSA) is 257 Å². The monoisotopic (exact) mass is 642 g/mol. The average Bonchev–Trinajstić information content (AvgIpc) is 3.71. The van der Waals surface area contributed by atoms with Crippen LogP contribution in [-0.4, -0.2) is 110 Å². The number of nitrogens with two attached hydrogens (primary N) is 2. The van der Waals surface area contributed by atoms with E-state index in [1.807, 2.05) is 0 Å². The number of nitrogens with zero attached hydrogens (tertiary/aromatic N) is 7. The molecule has 21 heteroatoms. The Bertz CT molecular complexity index is 1790. The van der Waals surface area contributed by atoms with Gasteiger partial charge < -0.3 is 45.3 Å². The SMILES string of the molecule is CO[C@H]1[C@@H](n2cnc3c(N)ncnc32)O[C@](C)(COP(O)(=S)[C@@H]2[C@@H](F)[C@@H](CO)O[C@H]2n2cnc3c(=O)[nH]c(N)nc32)[C@H]1O. The smallest absolute Gasteiger partial charge is 0.280 e. The maximum Gasteiger partial charge on any atom is 0.280 e. The number of H-pyrrole nitrogens is 1.